The van der Waals surface area contributed by atoms with Crippen molar-refractivity contribution in [2.75, 3.05) is 26.7 Å². The van der Waals surface area contributed by atoms with Crippen LogP contribution in [0.2, 0.25) is 0 Å². The summed E-state index contributed by atoms with van der Waals surface area (Å²) in [6, 6.07) is 4.27. The normalized spacial score (nSPS) is 14.7. The third-order valence-corrected chi connectivity index (χ3v) is 3.23. The second-order valence-electron chi connectivity index (χ2n) is 3.38. The molecule has 1 N–H and O–H groups in total. The van der Waals surface area contributed by atoms with Gasteiger partial charge in [0.25, 0.3) is 0 Å². The lowest BCUT2D eigenvalue weighted by atomic mass is 10.3. The third-order valence-electron chi connectivity index (χ3n) is 2.29. The van der Waals surface area contributed by atoms with Crippen molar-refractivity contribution in [2.45, 2.75) is 6.42 Å². The number of hydrogen-bond donors (Lipinski definition) is 1. The van der Waals surface area contributed by atoms with Crippen LogP contribution in [-0.4, -0.2) is 37.5 Å². The van der Waals surface area contributed by atoms with Gasteiger partial charge in [0.15, 0.2) is 5.96 Å². The van der Waals surface area contributed by atoms with Gasteiger partial charge in [-0.1, -0.05) is 6.07 Å². The van der Waals surface area contributed by atoms with Crippen LogP contribution in [0.3, 0.4) is 0 Å². The molecule has 84 valence electrons. The number of rotatable bonds is 3. The Labute approximate surface area is 112 Å². The van der Waals surface area contributed by atoms with Crippen LogP contribution < -0.4 is 5.32 Å². The van der Waals surface area contributed by atoms with Gasteiger partial charge in [-0.05, 0) is 17.9 Å². The van der Waals surface area contributed by atoms with E-state index < -0.39 is 0 Å². The number of nitrogens with zero attached hydrogens (tertiary/aromatic N) is 2. The fraction of sp³-hybridized carbons (Fsp3) is 0.500. The third kappa shape index (κ3) is 3.64. The summed E-state index contributed by atoms with van der Waals surface area (Å²) in [5, 5.41) is 5.47. The van der Waals surface area contributed by atoms with Crippen molar-refractivity contribution in [3.8, 4) is 0 Å². The molecule has 1 aromatic rings. The predicted molar refractivity (Wildman–Crippen MR) is 76.4 cm³/mol. The van der Waals surface area contributed by atoms with E-state index in [4.69, 9.17) is 0 Å². The van der Waals surface area contributed by atoms with Crippen molar-refractivity contribution >= 4 is 41.3 Å². The zero-order valence-corrected chi connectivity index (χ0v) is 11.9. The second kappa shape index (κ2) is 6.32. The molecule has 1 aliphatic heterocycles. The molecule has 0 unspecified atom stereocenters. The quantitative estimate of drug-likeness (QED) is 0.852. The first-order valence-corrected chi connectivity index (χ1v) is 5.76. The van der Waals surface area contributed by atoms with Crippen LogP contribution in [-0.2, 0) is 6.42 Å². The van der Waals surface area contributed by atoms with Crippen molar-refractivity contribution in [2.24, 2.45) is 4.99 Å². The van der Waals surface area contributed by atoms with E-state index in [-0.39, 0.29) is 24.0 Å². The fourth-order valence-corrected chi connectivity index (χ4v) is 2.18. The summed E-state index contributed by atoms with van der Waals surface area (Å²) >= 11 is 1.81. The molecule has 3 nitrogen and oxygen atoms in total. The highest BCUT2D eigenvalue weighted by Crippen LogP contribution is 2.08. The standard InChI is InChI=1S/C10H15N3S.HI/c1-13-7-6-12-10(13)11-5-4-9-3-2-8-14-9;/h2-3,8H,4-7H2,1H3,(H,11,12);1H. The maximum absolute atomic E-state index is 4.37. The molecule has 5 heteroatoms. The Balaban J connectivity index is 0.00000112. The summed E-state index contributed by atoms with van der Waals surface area (Å²) in [5.41, 5.74) is 0. The van der Waals surface area contributed by atoms with E-state index in [2.05, 4.69) is 39.8 Å². The number of nitrogens with one attached hydrogen (secondary N) is 1. The zero-order valence-electron chi connectivity index (χ0n) is 8.77. The van der Waals surface area contributed by atoms with Gasteiger partial charge in [-0.3, -0.25) is 4.99 Å². The molecule has 0 spiro atoms. The van der Waals surface area contributed by atoms with Gasteiger partial charge in [-0.25, -0.2) is 0 Å². The maximum atomic E-state index is 4.37. The second-order valence-corrected chi connectivity index (χ2v) is 4.42. The van der Waals surface area contributed by atoms with Crippen LogP contribution in [0.1, 0.15) is 4.88 Å². The lowest BCUT2D eigenvalue weighted by Gasteiger charge is -2.14. The van der Waals surface area contributed by atoms with E-state index >= 15 is 0 Å². The Kier molecular flexibility index (Phi) is 5.38. The minimum Gasteiger partial charge on any atom is -0.356 e. The smallest absolute Gasteiger partial charge is 0.193 e. The molecule has 0 saturated carbocycles. The first kappa shape index (κ1) is 12.8. The van der Waals surface area contributed by atoms with Gasteiger partial charge in [-0.15, -0.1) is 35.3 Å². The average Bonchev–Trinajstić information content (AvgIpc) is 2.78. The SMILES string of the molecule is CN1CCN=C1NCCc1cccs1.I. The number of thiophene rings is 1. The van der Waals surface area contributed by atoms with Gasteiger partial charge in [-0.2, -0.15) is 0 Å². The van der Waals surface area contributed by atoms with Crippen LogP contribution in [0.5, 0.6) is 0 Å². The Morgan fingerprint density at radius 1 is 1.60 bits per heavy atom. The molecule has 0 radical (unpaired) electrons. The van der Waals surface area contributed by atoms with Gasteiger partial charge in [0.2, 0.25) is 0 Å². The van der Waals surface area contributed by atoms with Gasteiger partial charge >= 0.3 is 0 Å². The summed E-state index contributed by atoms with van der Waals surface area (Å²) in [7, 11) is 2.07. The summed E-state index contributed by atoms with van der Waals surface area (Å²) < 4.78 is 0. The molecule has 0 saturated heterocycles. The van der Waals surface area contributed by atoms with Crippen molar-refractivity contribution in [1.29, 1.82) is 0 Å². The lowest BCUT2D eigenvalue weighted by molar-refractivity contribution is 0.534. The molecule has 1 aliphatic rings. The summed E-state index contributed by atoms with van der Waals surface area (Å²) in [6.07, 6.45) is 1.09. The van der Waals surface area contributed by atoms with Crippen LogP contribution in [0, 0.1) is 0 Å². The molecule has 0 amide bonds. The van der Waals surface area contributed by atoms with E-state index in [9.17, 15) is 0 Å². The molecular formula is C10H16IN3S. The maximum Gasteiger partial charge on any atom is 0.193 e. The van der Waals surface area contributed by atoms with Gasteiger partial charge in [0, 0.05) is 25.0 Å². The molecule has 2 rings (SSSR count). The number of hydrogen-bond acceptors (Lipinski definition) is 4. The van der Waals surface area contributed by atoms with Crippen molar-refractivity contribution < 1.29 is 0 Å². The zero-order chi connectivity index (χ0) is 9.80. The van der Waals surface area contributed by atoms with E-state index in [1.54, 1.807) is 0 Å². The monoisotopic (exact) mass is 337 g/mol. The first-order valence-electron chi connectivity index (χ1n) is 4.88. The first-order chi connectivity index (χ1) is 6.86. The lowest BCUT2D eigenvalue weighted by Crippen LogP contribution is -2.36. The minimum atomic E-state index is 0. The van der Waals surface area contributed by atoms with Gasteiger partial charge < -0.3 is 10.2 Å². The topological polar surface area (TPSA) is 27.6 Å². The number of aliphatic imine (C=N–C) groups is 1. The highest BCUT2D eigenvalue weighted by molar-refractivity contribution is 14.0. The van der Waals surface area contributed by atoms with Gasteiger partial charge in [0.1, 0.15) is 0 Å². The van der Waals surface area contributed by atoms with Crippen LogP contribution in [0.15, 0.2) is 22.5 Å². The summed E-state index contributed by atoms with van der Waals surface area (Å²) in [6.45, 7) is 2.95. The number of guanidine groups is 1. The Bertz CT molecular complexity index is 310. The van der Waals surface area contributed by atoms with E-state index in [0.717, 1.165) is 32.0 Å². The Hall–Kier alpha value is -0.300. The largest absolute Gasteiger partial charge is 0.356 e. The van der Waals surface area contributed by atoms with Crippen LogP contribution in [0.4, 0.5) is 0 Å². The molecule has 0 aliphatic carbocycles. The molecule has 1 aromatic heterocycles. The number of likely N-dealkylation sites (N-methyl/N-ethyl adjacent to an activating group) is 1. The molecule has 15 heavy (non-hydrogen) atoms. The molecule has 0 aromatic carbocycles. The molecule has 0 bridgehead atoms. The summed E-state index contributed by atoms with van der Waals surface area (Å²) in [5.74, 6) is 1.04. The van der Waals surface area contributed by atoms with E-state index in [0.29, 0.717) is 0 Å². The fourth-order valence-electron chi connectivity index (χ4n) is 1.48. The minimum absolute atomic E-state index is 0. The highest BCUT2D eigenvalue weighted by atomic mass is 127. The molecule has 0 fully saturated rings. The van der Waals surface area contributed by atoms with Crippen molar-refractivity contribution in [3.63, 3.8) is 0 Å². The van der Waals surface area contributed by atoms with E-state index in [1.165, 1.54) is 4.88 Å². The Morgan fingerprint density at radius 3 is 3.07 bits per heavy atom. The van der Waals surface area contributed by atoms with Crippen LogP contribution in [0.25, 0.3) is 0 Å². The Morgan fingerprint density at radius 2 is 2.47 bits per heavy atom. The molecular weight excluding hydrogens is 321 g/mol. The van der Waals surface area contributed by atoms with Gasteiger partial charge in [0.05, 0.1) is 6.54 Å². The number of halogens is 1. The highest BCUT2D eigenvalue weighted by Gasteiger charge is 2.10. The predicted octanol–water partition coefficient (Wildman–Crippen LogP) is 1.80. The molecule has 0 atom stereocenters. The van der Waals surface area contributed by atoms with Crippen molar-refractivity contribution in [1.82, 2.24) is 10.2 Å². The van der Waals surface area contributed by atoms with Crippen LogP contribution >= 0.6 is 35.3 Å². The summed E-state index contributed by atoms with van der Waals surface area (Å²) in [4.78, 5) is 7.96. The molecule has 2 heterocycles. The average molecular weight is 337 g/mol. The van der Waals surface area contributed by atoms with Crippen molar-refractivity contribution in [3.05, 3.63) is 22.4 Å². The van der Waals surface area contributed by atoms with E-state index in [1.807, 2.05) is 11.3 Å².